The van der Waals surface area contributed by atoms with Gasteiger partial charge < -0.3 is 9.47 Å². The average Bonchev–Trinajstić information content (AvgIpc) is 2.86. The number of benzene rings is 4. The predicted octanol–water partition coefficient (Wildman–Crippen LogP) is 8.25. The Kier molecular flexibility index (Phi) is 8.00. The Morgan fingerprint density at radius 2 is 1.25 bits per heavy atom. The second-order valence-corrected chi connectivity index (χ2v) is 8.15. The summed E-state index contributed by atoms with van der Waals surface area (Å²) in [4.78, 5) is 0. The first-order valence-electron chi connectivity index (χ1n) is 11.3. The first-order chi connectivity index (χ1) is 18.9. The molecule has 0 atom stereocenters. The minimum absolute atomic E-state index is 0.140. The number of ether oxygens (including phenoxy) is 2. The summed E-state index contributed by atoms with van der Waals surface area (Å²) in [5.74, 6) is -6.60. The zero-order valence-corrected chi connectivity index (χ0v) is 20.2. The highest BCUT2D eigenvalue weighted by molar-refractivity contribution is 5.65. The molecule has 0 amide bonds. The van der Waals surface area contributed by atoms with E-state index in [9.17, 15) is 39.5 Å². The molecule has 0 bridgehead atoms. The van der Waals surface area contributed by atoms with E-state index in [1.165, 1.54) is 12.1 Å². The third-order valence-corrected chi connectivity index (χ3v) is 5.41. The first-order valence-corrected chi connectivity index (χ1v) is 11.3. The molecule has 0 aliphatic heterocycles. The third kappa shape index (κ3) is 6.01. The molecule has 0 N–H and O–H groups in total. The largest absolute Gasteiger partial charge is 0.494 e. The van der Waals surface area contributed by atoms with E-state index in [0.717, 1.165) is 18.2 Å². The molecule has 0 radical (unpaired) electrons. The number of alkyl halides is 2. The van der Waals surface area contributed by atoms with Gasteiger partial charge in [0.05, 0.1) is 12.2 Å². The van der Waals surface area contributed by atoms with Crippen molar-refractivity contribution in [1.82, 2.24) is 0 Å². The van der Waals surface area contributed by atoms with E-state index >= 15 is 0 Å². The van der Waals surface area contributed by atoms with Crippen LogP contribution in [0.15, 0.2) is 60.7 Å². The number of hydrogen-bond acceptors (Lipinski definition) is 2. The summed E-state index contributed by atoms with van der Waals surface area (Å²) in [6, 6.07) is 7.65. The maximum absolute atomic E-state index is 14.7. The molecular formula is C29H15F9O2. The molecule has 206 valence electrons. The van der Waals surface area contributed by atoms with E-state index in [1.807, 2.05) is 0 Å². The molecule has 4 aromatic rings. The van der Waals surface area contributed by atoms with Crippen LogP contribution < -0.4 is 9.47 Å². The molecule has 4 aromatic carbocycles. The highest BCUT2D eigenvalue weighted by atomic mass is 19.3. The monoisotopic (exact) mass is 566 g/mol. The van der Waals surface area contributed by atoms with E-state index in [1.54, 1.807) is 6.92 Å². The van der Waals surface area contributed by atoms with Gasteiger partial charge in [-0.1, -0.05) is 11.8 Å². The molecular weight excluding hydrogens is 551 g/mol. The Morgan fingerprint density at radius 1 is 0.650 bits per heavy atom. The van der Waals surface area contributed by atoms with Crippen LogP contribution in [0, 0.1) is 52.6 Å². The summed E-state index contributed by atoms with van der Waals surface area (Å²) in [6.45, 7) is 1.99. The van der Waals surface area contributed by atoms with E-state index in [-0.39, 0.29) is 11.3 Å². The van der Waals surface area contributed by atoms with Gasteiger partial charge in [0.25, 0.3) is 0 Å². The summed E-state index contributed by atoms with van der Waals surface area (Å²) in [5.41, 5.74) is -3.27. The molecule has 0 aliphatic rings. The maximum Gasteiger partial charge on any atom is 0.432 e. The topological polar surface area (TPSA) is 18.5 Å². The lowest BCUT2D eigenvalue weighted by Gasteiger charge is -2.20. The Hall–Kier alpha value is -4.59. The van der Waals surface area contributed by atoms with Gasteiger partial charge in [0, 0.05) is 23.3 Å². The summed E-state index contributed by atoms with van der Waals surface area (Å²) >= 11 is 0. The smallest absolute Gasteiger partial charge is 0.432 e. The van der Waals surface area contributed by atoms with Crippen molar-refractivity contribution < 1.29 is 49.0 Å². The zero-order chi connectivity index (χ0) is 29.2. The van der Waals surface area contributed by atoms with Crippen molar-refractivity contribution in [2.45, 2.75) is 13.0 Å². The molecule has 0 unspecified atom stereocenters. The van der Waals surface area contributed by atoms with Crippen molar-refractivity contribution in [2.24, 2.45) is 0 Å². The molecule has 0 aliphatic carbocycles. The van der Waals surface area contributed by atoms with Crippen LogP contribution in [0.2, 0.25) is 0 Å². The number of rotatable bonds is 6. The number of hydrogen-bond donors (Lipinski definition) is 0. The van der Waals surface area contributed by atoms with Gasteiger partial charge in [-0.05, 0) is 61.0 Å². The Bertz CT molecular complexity index is 1610. The molecule has 0 aromatic heterocycles. The van der Waals surface area contributed by atoms with Crippen LogP contribution in [-0.4, -0.2) is 6.61 Å². The van der Waals surface area contributed by atoms with E-state index in [4.69, 9.17) is 4.74 Å². The lowest BCUT2D eigenvalue weighted by molar-refractivity contribution is -0.189. The molecule has 4 rings (SSSR count). The fraction of sp³-hybridized carbons (Fsp3) is 0.103. The zero-order valence-electron chi connectivity index (χ0n) is 20.2. The molecule has 0 fully saturated rings. The van der Waals surface area contributed by atoms with Crippen molar-refractivity contribution >= 4 is 0 Å². The third-order valence-electron chi connectivity index (χ3n) is 5.41. The van der Waals surface area contributed by atoms with Crippen LogP contribution in [0.25, 0.3) is 11.1 Å². The molecule has 0 saturated heterocycles. The SMILES string of the molecule is CCOc1ccc(C#Cc2cc(F)c(C(F)(F)Oc3ccc(-c4cc(F)c(F)c(F)c4)c(F)c3)c(F)c2)c(F)c1. The van der Waals surface area contributed by atoms with Gasteiger partial charge in [0.15, 0.2) is 17.5 Å². The molecule has 0 saturated carbocycles. The predicted molar refractivity (Wildman–Crippen MR) is 126 cm³/mol. The Morgan fingerprint density at radius 3 is 1.82 bits per heavy atom. The van der Waals surface area contributed by atoms with Crippen LogP contribution >= 0.6 is 0 Å². The van der Waals surface area contributed by atoms with E-state index in [2.05, 4.69) is 16.6 Å². The molecule has 0 spiro atoms. The summed E-state index contributed by atoms with van der Waals surface area (Å²) in [5, 5.41) is 0. The van der Waals surface area contributed by atoms with Crippen molar-refractivity contribution in [2.75, 3.05) is 6.61 Å². The lowest BCUT2D eigenvalue weighted by atomic mass is 10.0. The van der Waals surface area contributed by atoms with Crippen molar-refractivity contribution in [1.29, 1.82) is 0 Å². The summed E-state index contributed by atoms with van der Waals surface area (Å²) in [6.07, 6.45) is -4.65. The van der Waals surface area contributed by atoms with Gasteiger partial charge in [-0.3, -0.25) is 0 Å². The normalized spacial score (nSPS) is 11.2. The molecule has 11 heteroatoms. The van der Waals surface area contributed by atoms with Crippen molar-refractivity contribution in [3.8, 4) is 34.5 Å². The Balaban J connectivity index is 1.58. The second kappa shape index (κ2) is 11.3. The van der Waals surface area contributed by atoms with Crippen LogP contribution in [0.3, 0.4) is 0 Å². The summed E-state index contributed by atoms with van der Waals surface area (Å²) in [7, 11) is 0. The van der Waals surface area contributed by atoms with E-state index in [0.29, 0.717) is 36.9 Å². The van der Waals surface area contributed by atoms with Crippen LogP contribution in [0.1, 0.15) is 23.6 Å². The maximum atomic E-state index is 14.7. The first kappa shape index (κ1) is 28.4. The minimum atomic E-state index is -4.65. The fourth-order valence-corrected chi connectivity index (χ4v) is 3.62. The highest BCUT2D eigenvalue weighted by Crippen LogP contribution is 2.37. The Labute approximate surface area is 221 Å². The summed E-state index contributed by atoms with van der Waals surface area (Å²) < 4.78 is 137. The highest BCUT2D eigenvalue weighted by Gasteiger charge is 2.41. The number of halogens is 9. The molecule has 2 nitrogen and oxygen atoms in total. The van der Waals surface area contributed by atoms with Crippen LogP contribution in [0.5, 0.6) is 11.5 Å². The van der Waals surface area contributed by atoms with Crippen molar-refractivity contribution in [3.05, 3.63) is 118 Å². The van der Waals surface area contributed by atoms with Gasteiger partial charge in [-0.2, -0.15) is 8.78 Å². The molecule has 0 heterocycles. The van der Waals surface area contributed by atoms with Gasteiger partial charge in [0.2, 0.25) is 0 Å². The van der Waals surface area contributed by atoms with Gasteiger partial charge in [0.1, 0.15) is 40.3 Å². The lowest BCUT2D eigenvalue weighted by Crippen LogP contribution is -2.25. The second-order valence-electron chi connectivity index (χ2n) is 8.15. The van der Waals surface area contributed by atoms with Crippen LogP contribution in [0.4, 0.5) is 39.5 Å². The van der Waals surface area contributed by atoms with Crippen molar-refractivity contribution in [3.63, 3.8) is 0 Å². The van der Waals surface area contributed by atoms with Gasteiger partial charge in [-0.15, -0.1) is 0 Å². The minimum Gasteiger partial charge on any atom is -0.494 e. The average molecular weight is 566 g/mol. The van der Waals surface area contributed by atoms with Gasteiger partial charge in [-0.25, -0.2) is 30.7 Å². The fourth-order valence-electron chi connectivity index (χ4n) is 3.62. The van der Waals surface area contributed by atoms with Gasteiger partial charge >= 0.3 is 6.11 Å². The van der Waals surface area contributed by atoms with E-state index < -0.39 is 74.8 Å². The molecule has 40 heavy (non-hydrogen) atoms. The van der Waals surface area contributed by atoms with Crippen LogP contribution in [-0.2, 0) is 6.11 Å². The quantitative estimate of drug-likeness (QED) is 0.133. The standard InChI is InChI=1S/C29H15F9O2/c1-2-39-18-6-5-16(21(30)13-18)4-3-15-9-23(32)27(24(33)10-15)29(37,38)40-19-7-8-20(22(31)14-19)17-11-25(34)28(36)26(35)12-17/h5-14H,2H2,1H3.